The monoisotopic (exact) mass is 396 g/mol. The molecular weight excluding hydrogens is 367 g/mol. The summed E-state index contributed by atoms with van der Waals surface area (Å²) in [5.74, 6) is 0.352. The van der Waals surface area contributed by atoms with Gasteiger partial charge in [-0.15, -0.1) is 0 Å². The van der Waals surface area contributed by atoms with Gasteiger partial charge >= 0.3 is 0 Å². The predicted molar refractivity (Wildman–Crippen MR) is 120 cm³/mol. The number of aromatic amines is 1. The van der Waals surface area contributed by atoms with Crippen molar-refractivity contribution in [2.45, 2.75) is 12.8 Å². The van der Waals surface area contributed by atoms with Crippen molar-refractivity contribution < 1.29 is 4.39 Å². The zero-order chi connectivity index (χ0) is 21.2. The van der Waals surface area contributed by atoms with E-state index >= 15 is 0 Å². The number of aromatic nitrogens is 2. The molecule has 0 aliphatic carbocycles. The van der Waals surface area contributed by atoms with Crippen molar-refractivity contribution in [3.05, 3.63) is 65.9 Å². The van der Waals surface area contributed by atoms with Crippen LogP contribution < -0.4 is 11.5 Å². The van der Waals surface area contributed by atoms with Gasteiger partial charge in [-0.25, -0.2) is 9.37 Å². The fourth-order valence-corrected chi connectivity index (χ4v) is 2.77. The van der Waals surface area contributed by atoms with Gasteiger partial charge in [0.15, 0.2) is 0 Å². The van der Waals surface area contributed by atoms with Crippen LogP contribution in [0.4, 0.5) is 4.39 Å². The Hall–Kier alpha value is -3.03. The standard InChI is InChI=1S/C22H29FN6/c1-4-16(6-5-13-29(2)3)14-20-27-21(17-7-9-18(23)10-8-17)22(28-20)19(25)11-12-26-15-24/h4,7-12,14H,1,5-6,13,15,24-25H2,2-3H3,(H,27,28)/b16-14+,19-11-,26-12-. The van der Waals surface area contributed by atoms with Crippen molar-refractivity contribution in [2.24, 2.45) is 16.5 Å². The lowest BCUT2D eigenvalue weighted by atomic mass is 10.1. The Morgan fingerprint density at radius 3 is 2.66 bits per heavy atom. The Kier molecular flexibility index (Phi) is 8.51. The maximum absolute atomic E-state index is 13.3. The number of nitrogens with one attached hydrogen (secondary N) is 1. The van der Waals surface area contributed by atoms with Gasteiger partial charge in [-0.05, 0) is 75.5 Å². The van der Waals surface area contributed by atoms with Crippen LogP contribution in [0.25, 0.3) is 23.0 Å². The summed E-state index contributed by atoms with van der Waals surface area (Å²) in [6, 6.07) is 6.15. The summed E-state index contributed by atoms with van der Waals surface area (Å²) in [5.41, 5.74) is 15.2. The number of imidazole rings is 1. The number of nitrogens with two attached hydrogens (primary N) is 2. The molecule has 5 N–H and O–H groups in total. The van der Waals surface area contributed by atoms with Gasteiger partial charge in [-0.3, -0.25) is 4.99 Å². The molecule has 29 heavy (non-hydrogen) atoms. The SMILES string of the molecule is C=C/C(=C\c1nc(-c2ccc(F)cc2)c(/C(N)=C/C=N\CN)[nH]1)CCCN(C)C. The number of benzene rings is 1. The molecule has 0 unspecified atom stereocenters. The van der Waals surface area contributed by atoms with E-state index in [1.54, 1.807) is 24.4 Å². The number of rotatable bonds is 10. The fraction of sp³-hybridized carbons (Fsp3) is 0.273. The summed E-state index contributed by atoms with van der Waals surface area (Å²) in [5, 5.41) is 0. The quantitative estimate of drug-likeness (QED) is 0.423. The van der Waals surface area contributed by atoms with E-state index in [-0.39, 0.29) is 12.5 Å². The molecule has 7 heteroatoms. The number of allylic oxidation sites excluding steroid dienone is 3. The number of H-pyrrole nitrogens is 1. The van der Waals surface area contributed by atoms with Crippen molar-refractivity contribution in [2.75, 3.05) is 27.3 Å². The first-order valence-electron chi connectivity index (χ1n) is 9.44. The van der Waals surface area contributed by atoms with Crippen LogP contribution >= 0.6 is 0 Å². The smallest absolute Gasteiger partial charge is 0.131 e. The number of aliphatic imine (C=N–C) groups is 1. The van der Waals surface area contributed by atoms with Crippen LogP contribution in [0.5, 0.6) is 0 Å². The molecule has 0 aliphatic heterocycles. The Balaban J connectivity index is 2.41. The molecule has 0 spiro atoms. The van der Waals surface area contributed by atoms with E-state index in [0.717, 1.165) is 30.5 Å². The highest BCUT2D eigenvalue weighted by atomic mass is 19.1. The lowest BCUT2D eigenvalue weighted by Gasteiger charge is -2.08. The van der Waals surface area contributed by atoms with Crippen LogP contribution in [0.2, 0.25) is 0 Å². The van der Waals surface area contributed by atoms with Crippen LogP contribution in [0.15, 0.2) is 53.6 Å². The molecule has 6 nitrogen and oxygen atoms in total. The molecule has 0 fully saturated rings. The van der Waals surface area contributed by atoms with Crippen molar-refractivity contribution in [3.63, 3.8) is 0 Å². The first-order valence-corrected chi connectivity index (χ1v) is 9.44. The molecule has 0 saturated heterocycles. The van der Waals surface area contributed by atoms with Gasteiger partial charge in [-0.1, -0.05) is 12.7 Å². The molecular formula is C22H29FN6. The fourth-order valence-electron chi connectivity index (χ4n) is 2.77. The molecule has 1 aromatic carbocycles. The molecule has 0 bridgehead atoms. The largest absolute Gasteiger partial charge is 0.397 e. The Bertz CT molecular complexity index is 891. The van der Waals surface area contributed by atoms with Crippen LogP contribution in [0, 0.1) is 5.82 Å². The van der Waals surface area contributed by atoms with Crippen molar-refractivity contribution >= 4 is 18.0 Å². The van der Waals surface area contributed by atoms with E-state index in [1.165, 1.54) is 12.1 Å². The minimum absolute atomic E-state index is 0.182. The number of hydrogen-bond acceptors (Lipinski definition) is 5. The number of nitrogens with zero attached hydrogens (tertiary/aromatic N) is 3. The molecule has 0 atom stereocenters. The average Bonchev–Trinajstić information content (AvgIpc) is 3.11. The second kappa shape index (κ2) is 11.1. The Morgan fingerprint density at radius 1 is 1.31 bits per heavy atom. The van der Waals surface area contributed by atoms with Crippen molar-refractivity contribution in [3.8, 4) is 11.3 Å². The zero-order valence-electron chi connectivity index (χ0n) is 17.0. The highest BCUT2D eigenvalue weighted by Gasteiger charge is 2.14. The zero-order valence-corrected chi connectivity index (χ0v) is 17.0. The van der Waals surface area contributed by atoms with Crippen LogP contribution in [-0.4, -0.2) is 48.4 Å². The molecule has 1 heterocycles. The van der Waals surface area contributed by atoms with Gasteiger partial charge in [-0.2, -0.15) is 0 Å². The van der Waals surface area contributed by atoms with Gasteiger partial charge in [0.1, 0.15) is 11.6 Å². The van der Waals surface area contributed by atoms with Gasteiger partial charge in [0.05, 0.1) is 23.8 Å². The van der Waals surface area contributed by atoms with Crippen LogP contribution in [-0.2, 0) is 0 Å². The van der Waals surface area contributed by atoms with Crippen molar-refractivity contribution in [1.82, 2.24) is 14.9 Å². The predicted octanol–water partition coefficient (Wildman–Crippen LogP) is 3.41. The summed E-state index contributed by atoms with van der Waals surface area (Å²) in [6.07, 6.45) is 8.91. The normalized spacial score (nSPS) is 12.9. The molecule has 154 valence electrons. The van der Waals surface area contributed by atoms with Crippen LogP contribution in [0.1, 0.15) is 24.4 Å². The lowest BCUT2D eigenvalue weighted by Crippen LogP contribution is -2.12. The highest BCUT2D eigenvalue weighted by Crippen LogP contribution is 2.26. The van der Waals surface area contributed by atoms with Gasteiger partial charge in [0.25, 0.3) is 0 Å². The van der Waals surface area contributed by atoms with E-state index in [9.17, 15) is 4.39 Å². The molecule has 0 amide bonds. The third kappa shape index (κ3) is 6.81. The van der Waals surface area contributed by atoms with Gasteiger partial charge in [0.2, 0.25) is 0 Å². The first kappa shape index (κ1) is 22.3. The number of hydrogen-bond donors (Lipinski definition) is 3. The van der Waals surface area contributed by atoms with Gasteiger partial charge in [0, 0.05) is 11.8 Å². The topological polar surface area (TPSA) is 96.3 Å². The van der Waals surface area contributed by atoms with E-state index in [1.807, 2.05) is 26.2 Å². The molecule has 0 saturated carbocycles. The molecule has 2 rings (SSSR count). The highest BCUT2D eigenvalue weighted by molar-refractivity contribution is 5.86. The Labute approximate surface area is 171 Å². The molecule has 0 radical (unpaired) electrons. The Morgan fingerprint density at radius 2 is 2.03 bits per heavy atom. The van der Waals surface area contributed by atoms with Gasteiger partial charge < -0.3 is 21.4 Å². The lowest BCUT2D eigenvalue weighted by molar-refractivity contribution is 0.401. The van der Waals surface area contributed by atoms with E-state index in [2.05, 4.69) is 26.4 Å². The summed E-state index contributed by atoms with van der Waals surface area (Å²) < 4.78 is 13.3. The first-order chi connectivity index (χ1) is 13.9. The second-order valence-electron chi connectivity index (χ2n) is 6.82. The van der Waals surface area contributed by atoms with E-state index in [4.69, 9.17) is 11.5 Å². The average molecular weight is 397 g/mol. The van der Waals surface area contributed by atoms with Crippen LogP contribution in [0.3, 0.4) is 0 Å². The minimum Gasteiger partial charge on any atom is -0.397 e. The van der Waals surface area contributed by atoms with E-state index < -0.39 is 0 Å². The summed E-state index contributed by atoms with van der Waals surface area (Å²) in [6.45, 7) is 5.08. The minimum atomic E-state index is -0.306. The molecule has 1 aromatic heterocycles. The van der Waals surface area contributed by atoms with E-state index in [0.29, 0.717) is 22.9 Å². The third-order valence-corrected chi connectivity index (χ3v) is 4.25. The molecule has 0 aliphatic rings. The summed E-state index contributed by atoms with van der Waals surface area (Å²) >= 11 is 0. The maximum Gasteiger partial charge on any atom is 0.131 e. The summed E-state index contributed by atoms with van der Waals surface area (Å²) in [4.78, 5) is 14.0. The molecule has 2 aromatic rings. The third-order valence-electron chi connectivity index (χ3n) is 4.25. The summed E-state index contributed by atoms with van der Waals surface area (Å²) in [7, 11) is 4.10. The maximum atomic E-state index is 13.3. The van der Waals surface area contributed by atoms with Crippen molar-refractivity contribution in [1.29, 1.82) is 0 Å². The number of halogens is 1. The second-order valence-corrected chi connectivity index (χ2v) is 6.82.